The van der Waals surface area contributed by atoms with Gasteiger partial charge in [-0.2, -0.15) is 0 Å². The molecular weight excluding hydrogens is 244 g/mol. The zero-order chi connectivity index (χ0) is 14.0. The first-order valence-corrected chi connectivity index (χ1v) is 10.5. The number of hydrogen-bond acceptors (Lipinski definition) is 0. The lowest BCUT2D eigenvalue weighted by atomic mass is 10.1. The van der Waals surface area contributed by atoms with Crippen molar-refractivity contribution in [1.82, 2.24) is 0 Å². The van der Waals surface area contributed by atoms with Gasteiger partial charge in [0.15, 0.2) is 0 Å². The second kappa shape index (κ2) is 18.2. The minimum absolute atomic E-state index is 1.26. The van der Waals surface area contributed by atoms with Gasteiger partial charge in [-0.3, -0.25) is 0 Å². The van der Waals surface area contributed by atoms with Crippen molar-refractivity contribution in [3.05, 3.63) is 0 Å². The fraction of sp³-hybridized carbons (Fsp3) is 1.00. The molecule has 0 spiro atoms. The molecule has 0 aromatic heterocycles. The monoisotopic (exact) mass is 282 g/mol. The largest absolute Gasteiger partial charge is 0.0654 e. The van der Waals surface area contributed by atoms with Gasteiger partial charge in [-0.05, 0) is 0 Å². The van der Waals surface area contributed by atoms with E-state index in [2.05, 4.69) is 13.8 Å². The Balaban J connectivity index is 2.88. The van der Waals surface area contributed by atoms with Crippen molar-refractivity contribution in [2.45, 2.75) is 116 Å². The van der Waals surface area contributed by atoms with Gasteiger partial charge in [0.05, 0.1) is 0 Å². The predicted octanol–water partition coefficient (Wildman–Crippen LogP) is 7.03. The molecule has 0 aliphatic carbocycles. The maximum absolute atomic E-state index is 2.30. The maximum Gasteiger partial charge on any atom is 0.0378 e. The van der Waals surface area contributed by atoms with Gasteiger partial charge in [-0.25, -0.2) is 0 Å². The maximum atomic E-state index is 2.30. The highest BCUT2D eigenvalue weighted by Gasteiger charge is 1.94. The van der Waals surface area contributed by atoms with Crippen molar-refractivity contribution in [1.29, 1.82) is 0 Å². The second-order valence-electron chi connectivity index (χ2n) is 5.99. The standard InChI is InChI=1S/C18H38Si/c1-3-5-7-9-11-12-14-16-18-19-17-15-13-10-8-6-4-2/h3-18H2,1-2H3. The van der Waals surface area contributed by atoms with Crippen molar-refractivity contribution in [2.75, 3.05) is 0 Å². The lowest BCUT2D eigenvalue weighted by Gasteiger charge is -2.02. The lowest BCUT2D eigenvalue weighted by Crippen LogP contribution is -1.90. The summed E-state index contributed by atoms with van der Waals surface area (Å²) >= 11 is 0. The molecular formula is C18H38Si. The Morgan fingerprint density at radius 3 is 1.11 bits per heavy atom. The Hall–Kier alpha value is 0.217. The highest BCUT2D eigenvalue weighted by molar-refractivity contribution is 6.35. The topological polar surface area (TPSA) is 0 Å². The van der Waals surface area contributed by atoms with Crippen LogP contribution in [0.15, 0.2) is 0 Å². The molecule has 0 unspecified atom stereocenters. The van der Waals surface area contributed by atoms with E-state index in [-0.39, 0.29) is 0 Å². The van der Waals surface area contributed by atoms with E-state index >= 15 is 0 Å². The smallest absolute Gasteiger partial charge is 0.0378 e. The molecule has 2 radical (unpaired) electrons. The molecule has 0 fully saturated rings. The third-order valence-corrected chi connectivity index (χ3v) is 5.33. The molecule has 0 aromatic rings. The summed E-state index contributed by atoms with van der Waals surface area (Å²) in [4.78, 5) is 0. The van der Waals surface area contributed by atoms with Crippen LogP contribution in [0.4, 0.5) is 0 Å². The minimum Gasteiger partial charge on any atom is -0.0654 e. The third-order valence-electron chi connectivity index (χ3n) is 3.91. The summed E-state index contributed by atoms with van der Waals surface area (Å²) in [6, 6.07) is 3.03. The first-order chi connectivity index (χ1) is 9.41. The van der Waals surface area contributed by atoms with E-state index in [0.29, 0.717) is 0 Å². The Morgan fingerprint density at radius 1 is 0.421 bits per heavy atom. The highest BCUT2D eigenvalue weighted by Crippen LogP contribution is 2.11. The Bertz CT molecular complexity index is 129. The Labute approximate surface area is 126 Å². The van der Waals surface area contributed by atoms with Gasteiger partial charge in [0.2, 0.25) is 0 Å². The van der Waals surface area contributed by atoms with Crippen LogP contribution in [0.1, 0.15) is 104 Å². The van der Waals surface area contributed by atoms with Crippen LogP contribution in [0, 0.1) is 0 Å². The van der Waals surface area contributed by atoms with Gasteiger partial charge in [-0.15, -0.1) is 0 Å². The van der Waals surface area contributed by atoms with Crippen molar-refractivity contribution >= 4 is 9.52 Å². The van der Waals surface area contributed by atoms with Crippen LogP contribution in [0.25, 0.3) is 0 Å². The highest BCUT2D eigenvalue weighted by atomic mass is 28.2. The van der Waals surface area contributed by atoms with Crippen molar-refractivity contribution in [2.24, 2.45) is 0 Å². The second-order valence-corrected chi connectivity index (χ2v) is 7.49. The van der Waals surface area contributed by atoms with Crippen molar-refractivity contribution in [3.8, 4) is 0 Å². The molecule has 0 rings (SSSR count). The molecule has 0 aliphatic rings. The van der Waals surface area contributed by atoms with E-state index < -0.39 is 0 Å². The van der Waals surface area contributed by atoms with Gasteiger partial charge in [-0.1, -0.05) is 116 Å². The zero-order valence-electron chi connectivity index (χ0n) is 13.8. The average molecular weight is 283 g/mol. The van der Waals surface area contributed by atoms with Gasteiger partial charge in [0, 0.05) is 9.52 Å². The molecule has 114 valence electrons. The molecule has 0 nitrogen and oxygen atoms in total. The van der Waals surface area contributed by atoms with E-state index in [1.165, 1.54) is 111 Å². The van der Waals surface area contributed by atoms with E-state index in [1.54, 1.807) is 0 Å². The zero-order valence-corrected chi connectivity index (χ0v) is 14.8. The summed E-state index contributed by atoms with van der Waals surface area (Å²) < 4.78 is 0. The summed E-state index contributed by atoms with van der Waals surface area (Å²) in [5, 5.41) is 0. The first kappa shape index (κ1) is 19.2. The molecule has 0 saturated carbocycles. The first-order valence-electron chi connectivity index (χ1n) is 9.12. The summed E-state index contributed by atoms with van der Waals surface area (Å²) in [5.74, 6) is 0. The Kier molecular flexibility index (Phi) is 18.4. The Morgan fingerprint density at radius 2 is 0.737 bits per heavy atom. The van der Waals surface area contributed by atoms with Crippen LogP contribution < -0.4 is 0 Å². The van der Waals surface area contributed by atoms with Crippen LogP contribution in [-0.4, -0.2) is 9.52 Å². The molecule has 0 saturated heterocycles. The molecule has 0 N–H and O–H groups in total. The molecule has 0 heterocycles. The van der Waals surface area contributed by atoms with Crippen LogP contribution >= 0.6 is 0 Å². The predicted molar refractivity (Wildman–Crippen MR) is 91.4 cm³/mol. The van der Waals surface area contributed by atoms with Gasteiger partial charge < -0.3 is 0 Å². The lowest BCUT2D eigenvalue weighted by molar-refractivity contribution is 0.584. The van der Waals surface area contributed by atoms with E-state index in [4.69, 9.17) is 0 Å². The van der Waals surface area contributed by atoms with Crippen molar-refractivity contribution in [3.63, 3.8) is 0 Å². The fourth-order valence-corrected chi connectivity index (χ4v) is 3.79. The number of unbranched alkanes of at least 4 members (excludes halogenated alkanes) is 12. The number of rotatable bonds is 16. The van der Waals surface area contributed by atoms with E-state index in [1.807, 2.05) is 0 Å². The quantitative estimate of drug-likeness (QED) is 0.210. The molecule has 0 bridgehead atoms. The summed E-state index contributed by atoms with van der Waals surface area (Å²) in [5.41, 5.74) is 0. The molecule has 19 heavy (non-hydrogen) atoms. The van der Waals surface area contributed by atoms with E-state index in [0.717, 1.165) is 0 Å². The van der Waals surface area contributed by atoms with Gasteiger partial charge in [0.1, 0.15) is 0 Å². The SMILES string of the molecule is CCCCCCCCCC[Si]CCCCCCCC. The normalized spacial score (nSPS) is 11.1. The summed E-state index contributed by atoms with van der Waals surface area (Å²) in [7, 11) is 1.26. The van der Waals surface area contributed by atoms with Crippen LogP contribution in [0.3, 0.4) is 0 Å². The molecule has 0 amide bonds. The summed E-state index contributed by atoms with van der Waals surface area (Å²) in [6.07, 6.45) is 20.5. The van der Waals surface area contributed by atoms with Crippen LogP contribution in [0.2, 0.25) is 12.1 Å². The van der Waals surface area contributed by atoms with E-state index in [9.17, 15) is 0 Å². The molecule has 0 aromatic carbocycles. The van der Waals surface area contributed by atoms with Crippen molar-refractivity contribution < 1.29 is 0 Å². The molecule has 1 heteroatoms. The van der Waals surface area contributed by atoms with Crippen LogP contribution in [0.5, 0.6) is 0 Å². The average Bonchev–Trinajstić information content (AvgIpc) is 2.43. The molecule has 0 atom stereocenters. The van der Waals surface area contributed by atoms with Gasteiger partial charge in [0.25, 0.3) is 0 Å². The summed E-state index contributed by atoms with van der Waals surface area (Å²) in [6.45, 7) is 4.59. The number of hydrogen-bond donors (Lipinski definition) is 0. The minimum atomic E-state index is 1.26. The van der Waals surface area contributed by atoms with Crippen LogP contribution in [-0.2, 0) is 0 Å². The van der Waals surface area contributed by atoms with Gasteiger partial charge >= 0.3 is 0 Å². The molecule has 0 aliphatic heterocycles. The third kappa shape index (κ3) is 18.2. The fourth-order valence-electron chi connectivity index (χ4n) is 2.54.